The van der Waals surface area contributed by atoms with E-state index in [1.54, 1.807) is 24.3 Å². The van der Waals surface area contributed by atoms with Crippen LogP contribution in [0.15, 0.2) is 71.7 Å². The molecule has 9 heteroatoms. The van der Waals surface area contributed by atoms with Crippen LogP contribution in [0.3, 0.4) is 0 Å². The van der Waals surface area contributed by atoms with Gasteiger partial charge in [0, 0.05) is 18.2 Å². The Bertz CT molecular complexity index is 1320. The fraction of sp³-hybridized carbons (Fsp3) is 0.310. The highest BCUT2D eigenvalue weighted by Gasteiger charge is 2.36. The van der Waals surface area contributed by atoms with Crippen molar-refractivity contribution in [3.05, 3.63) is 83.7 Å². The van der Waals surface area contributed by atoms with Crippen LogP contribution in [0, 0.1) is 5.82 Å². The summed E-state index contributed by atoms with van der Waals surface area (Å²) in [5, 5.41) is 0. The standard InChI is InChI=1S/C29H29F4N3O2/c1-3-14-35(4-2)15-7-16-38-24-11-6-10-23(19-24)36-26-13-12-21(30)18-25(26)27(28(36)37)34-22-9-5-8-20(17-22)29(31,32)33/h5-6,8-13,17-19H,3-4,7,14-16H2,1-2H3. The Morgan fingerprint density at radius 2 is 1.76 bits per heavy atom. The van der Waals surface area contributed by atoms with Crippen molar-refractivity contribution in [2.45, 2.75) is 32.9 Å². The third-order valence-electron chi connectivity index (χ3n) is 6.22. The van der Waals surface area contributed by atoms with Crippen LogP contribution in [0.4, 0.5) is 34.6 Å². The Hall–Kier alpha value is -3.72. The zero-order chi connectivity index (χ0) is 27.3. The predicted octanol–water partition coefficient (Wildman–Crippen LogP) is 7.14. The summed E-state index contributed by atoms with van der Waals surface area (Å²) < 4.78 is 59.7. The second kappa shape index (κ2) is 11.8. The summed E-state index contributed by atoms with van der Waals surface area (Å²) >= 11 is 0. The van der Waals surface area contributed by atoms with Gasteiger partial charge in [-0.2, -0.15) is 13.2 Å². The first-order valence-electron chi connectivity index (χ1n) is 12.6. The first-order valence-corrected chi connectivity index (χ1v) is 12.6. The van der Waals surface area contributed by atoms with E-state index in [1.807, 2.05) is 0 Å². The normalized spacial score (nSPS) is 14.4. The van der Waals surface area contributed by atoms with E-state index in [2.05, 4.69) is 23.7 Å². The maximum atomic E-state index is 14.2. The molecule has 0 fully saturated rings. The highest BCUT2D eigenvalue weighted by Crippen LogP contribution is 2.39. The fourth-order valence-corrected chi connectivity index (χ4v) is 4.40. The number of halogens is 4. The number of aliphatic imine (C=N–C) groups is 1. The first-order chi connectivity index (χ1) is 18.2. The molecule has 1 heterocycles. The summed E-state index contributed by atoms with van der Waals surface area (Å²) in [6, 6.07) is 15.2. The maximum absolute atomic E-state index is 14.2. The molecule has 5 nitrogen and oxygen atoms in total. The molecule has 0 saturated carbocycles. The zero-order valence-electron chi connectivity index (χ0n) is 21.3. The highest BCUT2D eigenvalue weighted by molar-refractivity contribution is 6.56. The molecule has 3 aromatic carbocycles. The summed E-state index contributed by atoms with van der Waals surface area (Å²) in [4.78, 5) is 21.4. The summed E-state index contributed by atoms with van der Waals surface area (Å²) in [6.07, 6.45) is -2.63. The molecule has 0 spiro atoms. The molecule has 0 aliphatic carbocycles. The van der Waals surface area contributed by atoms with E-state index in [1.165, 1.54) is 29.2 Å². The molecule has 4 rings (SSSR count). The number of fused-ring (bicyclic) bond motifs is 1. The van der Waals surface area contributed by atoms with Crippen molar-refractivity contribution in [1.82, 2.24) is 4.90 Å². The molecule has 3 aromatic rings. The van der Waals surface area contributed by atoms with Gasteiger partial charge in [-0.3, -0.25) is 9.69 Å². The van der Waals surface area contributed by atoms with Gasteiger partial charge >= 0.3 is 6.18 Å². The SMILES string of the molecule is CCCN(CC)CCCOc1cccc(N2C(=O)C(=Nc3cccc(C(F)(F)F)c3)c3cc(F)ccc32)c1. The molecule has 0 unspecified atom stereocenters. The lowest BCUT2D eigenvalue weighted by Gasteiger charge is -2.20. The van der Waals surface area contributed by atoms with Crippen LogP contribution in [-0.4, -0.2) is 42.8 Å². The van der Waals surface area contributed by atoms with Gasteiger partial charge in [0.2, 0.25) is 0 Å². The number of rotatable bonds is 10. The van der Waals surface area contributed by atoms with E-state index in [9.17, 15) is 22.4 Å². The molecule has 0 radical (unpaired) electrons. The third kappa shape index (κ3) is 6.22. The van der Waals surface area contributed by atoms with Crippen LogP contribution in [0.25, 0.3) is 0 Å². The van der Waals surface area contributed by atoms with Gasteiger partial charge in [-0.1, -0.05) is 26.0 Å². The molecular formula is C29H29F4N3O2. The number of ether oxygens (including phenoxy) is 1. The Morgan fingerprint density at radius 1 is 0.974 bits per heavy atom. The van der Waals surface area contributed by atoms with Gasteiger partial charge in [0.1, 0.15) is 17.3 Å². The lowest BCUT2D eigenvalue weighted by molar-refractivity contribution is -0.137. The average molecular weight is 528 g/mol. The lowest BCUT2D eigenvalue weighted by Crippen LogP contribution is -2.26. The first kappa shape index (κ1) is 27.3. The van der Waals surface area contributed by atoms with E-state index >= 15 is 0 Å². The molecule has 0 saturated heterocycles. The van der Waals surface area contributed by atoms with E-state index in [4.69, 9.17) is 4.74 Å². The number of carbonyl (C=O) groups is 1. The highest BCUT2D eigenvalue weighted by atomic mass is 19.4. The van der Waals surface area contributed by atoms with E-state index in [-0.39, 0.29) is 17.0 Å². The molecule has 0 N–H and O–H groups in total. The molecule has 200 valence electrons. The number of anilines is 2. The Morgan fingerprint density at radius 3 is 2.50 bits per heavy atom. The van der Waals surface area contributed by atoms with Gasteiger partial charge < -0.3 is 9.64 Å². The van der Waals surface area contributed by atoms with Crippen molar-refractivity contribution in [2.24, 2.45) is 4.99 Å². The molecule has 0 atom stereocenters. The Labute approximate surface area is 219 Å². The monoisotopic (exact) mass is 527 g/mol. The van der Waals surface area contributed by atoms with Crippen LogP contribution in [0.2, 0.25) is 0 Å². The van der Waals surface area contributed by atoms with Crippen molar-refractivity contribution < 1.29 is 27.1 Å². The Kier molecular flexibility index (Phi) is 8.46. The summed E-state index contributed by atoms with van der Waals surface area (Å²) in [5.74, 6) is -0.587. The van der Waals surface area contributed by atoms with Gasteiger partial charge in [-0.05, 0) is 74.5 Å². The molecule has 0 bridgehead atoms. The average Bonchev–Trinajstić information content (AvgIpc) is 3.16. The molecule has 1 aliphatic heterocycles. The quantitative estimate of drug-likeness (QED) is 0.208. The minimum absolute atomic E-state index is 0.0542. The number of hydrogen-bond acceptors (Lipinski definition) is 4. The zero-order valence-corrected chi connectivity index (χ0v) is 21.3. The summed E-state index contributed by atoms with van der Waals surface area (Å²) in [6.45, 7) is 7.71. The predicted molar refractivity (Wildman–Crippen MR) is 140 cm³/mol. The smallest absolute Gasteiger partial charge is 0.416 e. The van der Waals surface area contributed by atoms with Crippen molar-refractivity contribution in [1.29, 1.82) is 0 Å². The van der Waals surface area contributed by atoms with Crippen LogP contribution in [0.5, 0.6) is 5.75 Å². The van der Waals surface area contributed by atoms with Crippen molar-refractivity contribution >= 4 is 28.7 Å². The van der Waals surface area contributed by atoms with Crippen molar-refractivity contribution in [2.75, 3.05) is 31.1 Å². The number of benzene rings is 3. The lowest BCUT2D eigenvalue weighted by atomic mass is 10.1. The summed E-state index contributed by atoms with van der Waals surface area (Å²) in [7, 11) is 0. The topological polar surface area (TPSA) is 45.1 Å². The van der Waals surface area contributed by atoms with E-state index in [0.29, 0.717) is 23.7 Å². The third-order valence-corrected chi connectivity index (χ3v) is 6.22. The minimum atomic E-state index is -4.56. The van der Waals surface area contributed by atoms with Crippen LogP contribution < -0.4 is 9.64 Å². The second-order valence-corrected chi connectivity index (χ2v) is 8.94. The Balaban J connectivity index is 1.59. The van der Waals surface area contributed by atoms with Gasteiger partial charge in [0.05, 0.1) is 29.2 Å². The number of hydrogen-bond donors (Lipinski definition) is 0. The van der Waals surface area contributed by atoms with E-state index < -0.39 is 23.5 Å². The number of nitrogens with zero attached hydrogens (tertiary/aromatic N) is 3. The largest absolute Gasteiger partial charge is 0.493 e. The van der Waals surface area contributed by atoms with Gasteiger partial charge in [0.15, 0.2) is 0 Å². The number of amides is 1. The summed E-state index contributed by atoms with van der Waals surface area (Å²) in [5.41, 5.74) is -0.00697. The van der Waals surface area contributed by atoms with E-state index in [0.717, 1.165) is 50.7 Å². The molecule has 38 heavy (non-hydrogen) atoms. The van der Waals surface area contributed by atoms with Crippen molar-refractivity contribution in [3.8, 4) is 5.75 Å². The minimum Gasteiger partial charge on any atom is -0.493 e. The van der Waals surface area contributed by atoms with Crippen LogP contribution in [-0.2, 0) is 11.0 Å². The maximum Gasteiger partial charge on any atom is 0.416 e. The molecular weight excluding hydrogens is 498 g/mol. The molecule has 1 aliphatic rings. The van der Waals surface area contributed by atoms with Gasteiger partial charge in [0.25, 0.3) is 5.91 Å². The van der Waals surface area contributed by atoms with Gasteiger partial charge in [-0.15, -0.1) is 0 Å². The number of alkyl halides is 3. The van der Waals surface area contributed by atoms with Crippen LogP contribution in [0.1, 0.15) is 37.8 Å². The molecule has 1 amide bonds. The van der Waals surface area contributed by atoms with Crippen molar-refractivity contribution in [3.63, 3.8) is 0 Å². The fourth-order valence-electron chi connectivity index (χ4n) is 4.40. The molecule has 0 aromatic heterocycles. The van der Waals surface area contributed by atoms with Gasteiger partial charge in [-0.25, -0.2) is 9.38 Å². The van der Waals surface area contributed by atoms with Crippen LogP contribution >= 0.6 is 0 Å². The second-order valence-electron chi connectivity index (χ2n) is 8.94. The number of carbonyl (C=O) groups excluding carboxylic acids is 1.